The highest BCUT2D eigenvalue weighted by molar-refractivity contribution is 7.91. The van der Waals surface area contributed by atoms with Crippen molar-refractivity contribution < 1.29 is 23.1 Å². The topological polar surface area (TPSA) is 113 Å². The Morgan fingerprint density at radius 1 is 1.21 bits per heavy atom. The highest BCUT2D eigenvalue weighted by Crippen LogP contribution is 2.46. The first-order valence-corrected chi connectivity index (χ1v) is 12.8. The van der Waals surface area contributed by atoms with Crippen LogP contribution in [-0.2, 0) is 9.84 Å². The van der Waals surface area contributed by atoms with Crippen molar-refractivity contribution in [1.82, 2.24) is 15.1 Å². The monoisotopic (exact) mass is 467 g/mol. The second-order valence-corrected chi connectivity index (χ2v) is 10.8. The fourth-order valence-corrected chi connectivity index (χ4v) is 6.53. The smallest absolute Gasteiger partial charge is 0.273 e. The summed E-state index contributed by atoms with van der Waals surface area (Å²) in [4.78, 5) is 15.2. The van der Waals surface area contributed by atoms with Crippen molar-refractivity contribution in [3.63, 3.8) is 0 Å². The Kier molecular flexibility index (Phi) is 5.16. The average molecular weight is 468 g/mol. The number of ether oxygens (including phenoxy) is 1. The van der Waals surface area contributed by atoms with Gasteiger partial charge in [-0.25, -0.2) is 8.42 Å². The molecule has 0 radical (unpaired) electrons. The summed E-state index contributed by atoms with van der Waals surface area (Å²) in [5.41, 5.74) is 3.76. The SMILES string of the molecule is CCOc1ccc(C2c3c(-c4cc(C)ccc4O)n[nH]c3C(=O)N2C2CCS(=O)(=O)C2)cc1. The van der Waals surface area contributed by atoms with E-state index in [9.17, 15) is 18.3 Å². The Balaban J connectivity index is 1.67. The Hall–Kier alpha value is -3.33. The maximum atomic E-state index is 13.5. The molecule has 0 aliphatic carbocycles. The van der Waals surface area contributed by atoms with Crippen LogP contribution in [0.4, 0.5) is 0 Å². The lowest BCUT2D eigenvalue weighted by atomic mass is 9.94. The summed E-state index contributed by atoms with van der Waals surface area (Å²) in [5, 5.41) is 17.8. The Bertz CT molecular complexity index is 1330. The number of rotatable bonds is 5. The molecule has 172 valence electrons. The number of aromatic hydroxyl groups is 1. The van der Waals surface area contributed by atoms with Crippen LogP contribution in [0.5, 0.6) is 11.5 Å². The zero-order valence-electron chi connectivity index (χ0n) is 18.4. The van der Waals surface area contributed by atoms with E-state index in [-0.39, 0.29) is 23.2 Å². The molecule has 8 nitrogen and oxygen atoms in total. The summed E-state index contributed by atoms with van der Waals surface area (Å²) in [7, 11) is -3.20. The van der Waals surface area contributed by atoms with E-state index >= 15 is 0 Å². The van der Waals surface area contributed by atoms with Crippen LogP contribution < -0.4 is 4.74 Å². The van der Waals surface area contributed by atoms with Crippen molar-refractivity contribution in [1.29, 1.82) is 0 Å². The van der Waals surface area contributed by atoms with Gasteiger partial charge in [0.25, 0.3) is 5.91 Å². The first-order chi connectivity index (χ1) is 15.8. The zero-order chi connectivity index (χ0) is 23.3. The number of nitrogens with one attached hydrogen (secondary N) is 1. The van der Waals surface area contributed by atoms with E-state index in [0.717, 1.165) is 11.1 Å². The molecule has 0 bridgehead atoms. The average Bonchev–Trinajstić information content (AvgIpc) is 3.44. The Labute approximate surface area is 192 Å². The van der Waals surface area contributed by atoms with Gasteiger partial charge in [0, 0.05) is 17.2 Å². The van der Waals surface area contributed by atoms with Gasteiger partial charge >= 0.3 is 0 Å². The second kappa shape index (κ2) is 7.91. The number of phenolic OH excluding ortho intramolecular Hbond substituents is 1. The first-order valence-electron chi connectivity index (χ1n) is 10.9. The van der Waals surface area contributed by atoms with Gasteiger partial charge in [-0.3, -0.25) is 9.89 Å². The molecule has 2 aromatic carbocycles. The summed E-state index contributed by atoms with van der Waals surface area (Å²) < 4.78 is 30.0. The number of H-pyrrole nitrogens is 1. The van der Waals surface area contributed by atoms with E-state index < -0.39 is 21.9 Å². The van der Waals surface area contributed by atoms with Gasteiger partial charge in [-0.05, 0) is 50.1 Å². The van der Waals surface area contributed by atoms with Crippen LogP contribution in [-0.4, -0.2) is 58.7 Å². The van der Waals surface area contributed by atoms with Gasteiger partial charge < -0.3 is 14.7 Å². The normalized spacial score (nSPS) is 21.4. The van der Waals surface area contributed by atoms with Crippen molar-refractivity contribution in [3.05, 3.63) is 64.8 Å². The molecule has 2 N–H and O–H groups in total. The van der Waals surface area contributed by atoms with Crippen LogP contribution in [0.1, 0.15) is 46.6 Å². The van der Waals surface area contributed by atoms with E-state index in [0.29, 0.717) is 41.3 Å². The van der Waals surface area contributed by atoms with Crippen molar-refractivity contribution in [2.75, 3.05) is 18.1 Å². The van der Waals surface area contributed by atoms with Gasteiger partial charge in [-0.2, -0.15) is 5.10 Å². The number of amides is 1. The highest BCUT2D eigenvalue weighted by Gasteiger charge is 2.48. The fraction of sp³-hybridized carbons (Fsp3) is 0.333. The van der Waals surface area contributed by atoms with E-state index in [2.05, 4.69) is 10.2 Å². The van der Waals surface area contributed by atoms with E-state index in [4.69, 9.17) is 4.74 Å². The minimum atomic E-state index is -3.20. The van der Waals surface area contributed by atoms with Crippen LogP contribution in [0.2, 0.25) is 0 Å². The molecule has 5 rings (SSSR count). The molecular formula is C24H25N3O5S. The molecule has 1 fully saturated rings. The molecule has 3 aromatic rings. The maximum absolute atomic E-state index is 13.5. The Morgan fingerprint density at radius 3 is 2.64 bits per heavy atom. The second-order valence-electron chi connectivity index (χ2n) is 8.56. The van der Waals surface area contributed by atoms with Gasteiger partial charge in [-0.15, -0.1) is 0 Å². The number of hydrogen-bond donors (Lipinski definition) is 2. The largest absolute Gasteiger partial charge is 0.507 e. The number of aromatic nitrogens is 2. The molecule has 2 aliphatic rings. The lowest BCUT2D eigenvalue weighted by Crippen LogP contribution is -2.40. The minimum absolute atomic E-state index is 0.0605. The number of fused-ring (bicyclic) bond motifs is 1. The minimum Gasteiger partial charge on any atom is -0.507 e. The lowest BCUT2D eigenvalue weighted by molar-refractivity contribution is 0.0677. The molecule has 1 saturated heterocycles. The summed E-state index contributed by atoms with van der Waals surface area (Å²) >= 11 is 0. The summed E-state index contributed by atoms with van der Waals surface area (Å²) in [6.07, 6.45) is 0.393. The van der Waals surface area contributed by atoms with Crippen molar-refractivity contribution in [2.45, 2.75) is 32.4 Å². The first kappa shape index (κ1) is 21.5. The number of sulfone groups is 1. The zero-order valence-corrected chi connectivity index (χ0v) is 19.2. The number of nitrogens with zero attached hydrogens (tertiary/aromatic N) is 2. The lowest BCUT2D eigenvalue weighted by Gasteiger charge is -2.31. The van der Waals surface area contributed by atoms with Crippen LogP contribution in [0.25, 0.3) is 11.3 Å². The van der Waals surface area contributed by atoms with Gasteiger partial charge in [0.1, 0.15) is 22.9 Å². The van der Waals surface area contributed by atoms with Gasteiger partial charge in [0.2, 0.25) is 0 Å². The van der Waals surface area contributed by atoms with Crippen LogP contribution in [0.15, 0.2) is 42.5 Å². The predicted octanol–water partition coefficient (Wildman–Crippen LogP) is 3.22. The number of phenols is 1. The third kappa shape index (κ3) is 3.66. The highest BCUT2D eigenvalue weighted by atomic mass is 32.2. The summed E-state index contributed by atoms with van der Waals surface area (Å²) in [6, 6.07) is 11.7. The molecule has 3 heterocycles. The molecule has 2 atom stereocenters. The summed E-state index contributed by atoms with van der Waals surface area (Å²) in [6.45, 7) is 4.36. The van der Waals surface area contributed by atoms with Crippen LogP contribution >= 0.6 is 0 Å². The quantitative estimate of drug-likeness (QED) is 0.596. The standard InChI is InChI=1S/C24H25N3O5S/c1-3-32-17-7-5-15(6-8-17)23-20-21(18-12-14(2)4-9-19(18)28)25-26-22(20)24(29)27(23)16-10-11-33(30,31)13-16/h4-9,12,16,23,28H,3,10-11,13H2,1-2H3,(H,25,26). The number of carbonyl (C=O) groups is 1. The molecular weight excluding hydrogens is 442 g/mol. The third-order valence-corrected chi connectivity index (χ3v) is 8.07. The van der Waals surface area contributed by atoms with Crippen LogP contribution in [0.3, 0.4) is 0 Å². The molecule has 33 heavy (non-hydrogen) atoms. The number of aromatic amines is 1. The number of carbonyl (C=O) groups excluding carboxylic acids is 1. The van der Waals surface area contributed by atoms with E-state index in [1.54, 1.807) is 17.0 Å². The molecule has 1 aromatic heterocycles. The third-order valence-electron chi connectivity index (χ3n) is 6.32. The predicted molar refractivity (Wildman–Crippen MR) is 123 cm³/mol. The van der Waals surface area contributed by atoms with Crippen LogP contribution in [0, 0.1) is 6.92 Å². The molecule has 1 amide bonds. The van der Waals surface area contributed by atoms with Gasteiger partial charge in [-0.1, -0.05) is 23.8 Å². The molecule has 0 spiro atoms. The van der Waals surface area contributed by atoms with E-state index in [1.807, 2.05) is 44.2 Å². The number of aryl methyl sites for hydroxylation is 1. The number of hydrogen-bond acceptors (Lipinski definition) is 6. The van der Waals surface area contributed by atoms with Gasteiger partial charge in [0.15, 0.2) is 9.84 Å². The van der Waals surface area contributed by atoms with Crippen molar-refractivity contribution in [2.24, 2.45) is 0 Å². The van der Waals surface area contributed by atoms with E-state index in [1.165, 1.54) is 0 Å². The number of benzene rings is 2. The fourth-order valence-electron chi connectivity index (χ4n) is 4.82. The molecule has 9 heteroatoms. The van der Waals surface area contributed by atoms with Gasteiger partial charge in [0.05, 0.1) is 24.2 Å². The maximum Gasteiger partial charge on any atom is 0.273 e. The van der Waals surface area contributed by atoms with Crippen molar-refractivity contribution in [3.8, 4) is 22.8 Å². The molecule has 2 aliphatic heterocycles. The molecule has 2 unspecified atom stereocenters. The van der Waals surface area contributed by atoms with Crippen molar-refractivity contribution >= 4 is 15.7 Å². The molecule has 0 saturated carbocycles. The Morgan fingerprint density at radius 2 is 1.97 bits per heavy atom. The summed E-state index contributed by atoms with van der Waals surface area (Å²) in [5.74, 6) is 0.501.